The van der Waals surface area contributed by atoms with E-state index in [4.69, 9.17) is 9.72 Å². The van der Waals surface area contributed by atoms with E-state index in [9.17, 15) is 0 Å². The summed E-state index contributed by atoms with van der Waals surface area (Å²) < 4.78 is 5.08. The summed E-state index contributed by atoms with van der Waals surface area (Å²) in [5, 5.41) is 4.67. The molecule has 2 heterocycles. The lowest BCUT2D eigenvalue weighted by Crippen LogP contribution is -2.19. The number of ether oxygens (including phenoxy) is 1. The van der Waals surface area contributed by atoms with Crippen LogP contribution in [-0.2, 0) is 17.7 Å². The van der Waals surface area contributed by atoms with Crippen molar-refractivity contribution in [1.82, 2.24) is 10.3 Å². The van der Waals surface area contributed by atoms with Crippen LogP contribution >= 0.6 is 11.3 Å². The molecule has 0 aliphatic carbocycles. The van der Waals surface area contributed by atoms with E-state index in [2.05, 4.69) is 31.0 Å². The minimum atomic E-state index is 0.760. The van der Waals surface area contributed by atoms with Crippen molar-refractivity contribution >= 4 is 16.5 Å². The van der Waals surface area contributed by atoms with Gasteiger partial charge in [0.2, 0.25) is 0 Å². The topological polar surface area (TPSA) is 37.4 Å². The smallest absolute Gasteiger partial charge is 0.185 e. The lowest BCUT2D eigenvalue weighted by molar-refractivity contribution is 0.199. The molecule has 0 bridgehead atoms. The SMILES string of the molecule is CCCc1nc(N2CC(C)C(C)C2)sc1CNCCOC. The zero-order valence-corrected chi connectivity index (χ0v) is 14.6. The van der Waals surface area contributed by atoms with Gasteiger partial charge < -0.3 is 15.0 Å². The first-order valence-electron chi connectivity index (χ1n) is 8.08. The van der Waals surface area contributed by atoms with Crippen molar-refractivity contribution in [3.05, 3.63) is 10.6 Å². The third-order valence-electron chi connectivity index (χ3n) is 4.28. The van der Waals surface area contributed by atoms with Crippen molar-refractivity contribution in [2.45, 2.75) is 40.2 Å². The minimum absolute atomic E-state index is 0.760. The van der Waals surface area contributed by atoms with Crippen LogP contribution < -0.4 is 10.2 Å². The van der Waals surface area contributed by atoms with E-state index in [0.717, 1.165) is 57.5 Å². The average Bonchev–Trinajstić information content (AvgIpc) is 3.00. The van der Waals surface area contributed by atoms with Gasteiger partial charge in [0.25, 0.3) is 0 Å². The number of nitrogens with one attached hydrogen (secondary N) is 1. The highest BCUT2D eigenvalue weighted by molar-refractivity contribution is 7.15. The molecule has 0 amide bonds. The van der Waals surface area contributed by atoms with Gasteiger partial charge in [-0.05, 0) is 18.3 Å². The first-order valence-corrected chi connectivity index (χ1v) is 8.90. The molecule has 2 rings (SSSR count). The molecular weight excluding hydrogens is 282 g/mol. The predicted octanol–water partition coefficient (Wildman–Crippen LogP) is 2.92. The van der Waals surface area contributed by atoms with Crippen LogP contribution in [0, 0.1) is 11.8 Å². The molecule has 0 radical (unpaired) electrons. The number of thiazole rings is 1. The minimum Gasteiger partial charge on any atom is -0.383 e. The summed E-state index contributed by atoms with van der Waals surface area (Å²) in [7, 11) is 1.74. The quantitative estimate of drug-likeness (QED) is 0.749. The molecule has 1 fully saturated rings. The highest BCUT2D eigenvalue weighted by Crippen LogP contribution is 2.33. The molecule has 21 heavy (non-hydrogen) atoms. The normalized spacial score (nSPS) is 22.2. The maximum atomic E-state index is 5.08. The summed E-state index contributed by atoms with van der Waals surface area (Å²) in [5.74, 6) is 1.54. The molecule has 1 aliphatic rings. The number of anilines is 1. The second-order valence-corrected chi connectivity index (χ2v) is 7.21. The van der Waals surface area contributed by atoms with Crippen molar-refractivity contribution in [3.63, 3.8) is 0 Å². The highest BCUT2D eigenvalue weighted by Gasteiger charge is 2.28. The van der Waals surface area contributed by atoms with Crippen LogP contribution in [0.5, 0.6) is 0 Å². The fourth-order valence-corrected chi connectivity index (χ4v) is 3.83. The van der Waals surface area contributed by atoms with Crippen LogP contribution in [0.1, 0.15) is 37.8 Å². The Morgan fingerprint density at radius 1 is 1.33 bits per heavy atom. The molecule has 0 spiro atoms. The van der Waals surface area contributed by atoms with Crippen molar-refractivity contribution < 1.29 is 4.74 Å². The molecule has 2 unspecified atom stereocenters. The predicted molar refractivity (Wildman–Crippen MR) is 90.2 cm³/mol. The van der Waals surface area contributed by atoms with E-state index in [1.54, 1.807) is 7.11 Å². The van der Waals surface area contributed by atoms with E-state index in [0.29, 0.717) is 0 Å². The fraction of sp³-hybridized carbons (Fsp3) is 0.812. The zero-order valence-electron chi connectivity index (χ0n) is 13.8. The summed E-state index contributed by atoms with van der Waals surface area (Å²) >= 11 is 1.87. The molecule has 4 nitrogen and oxygen atoms in total. The molecule has 0 saturated carbocycles. The van der Waals surface area contributed by atoms with Crippen LogP contribution in [0.25, 0.3) is 0 Å². The van der Waals surface area contributed by atoms with Gasteiger partial charge in [0, 0.05) is 38.2 Å². The van der Waals surface area contributed by atoms with E-state index in [1.165, 1.54) is 15.7 Å². The maximum Gasteiger partial charge on any atom is 0.185 e. The molecule has 0 aromatic carbocycles. The fourth-order valence-electron chi connectivity index (χ4n) is 2.74. The van der Waals surface area contributed by atoms with Crippen LogP contribution in [-0.4, -0.2) is 38.3 Å². The lowest BCUT2D eigenvalue weighted by Gasteiger charge is -2.13. The Hall–Kier alpha value is -0.650. The summed E-state index contributed by atoms with van der Waals surface area (Å²) in [6.07, 6.45) is 2.23. The molecule has 1 N–H and O–H groups in total. The van der Waals surface area contributed by atoms with Gasteiger partial charge in [0.15, 0.2) is 5.13 Å². The molecular formula is C16H29N3OS. The second kappa shape index (κ2) is 8.11. The van der Waals surface area contributed by atoms with Gasteiger partial charge in [-0.15, -0.1) is 11.3 Å². The zero-order chi connectivity index (χ0) is 15.2. The van der Waals surface area contributed by atoms with Crippen LogP contribution in [0.2, 0.25) is 0 Å². The first kappa shape index (κ1) is 16.7. The van der Waals surface area contributed by atoms with Gasteiger partial charge in [-0.1, -0.05) is 27.2 Å². The van der Waals surface area contributed by atoms with E-state index in [1.807, 2.05) is 11.3 Å². The number of hydrogen-bond donors (Lipinski definition) is 1. The Balaban J connectivity index is 2.02. The van der Waals surface area contributed by atoms with Gasteiger partial charge >= 0.3 is 0 Å². The molecule has 1 aromatic rings. The third-order valence-corrected chi connectivity index (χ3v) is 5.44. The van der Waals surface area contributed by atoms with Crippen LogP contribution in [0.4, 0.5) is 5.13 Å². The summed E-state index contributed by atoms with van der Waals surface area (Å²) in [6.45, 7) is 11.8. The molecule has 5 heteroatoms. The van der Waals surface area contributed by atoms with Gasteiger partial charge in [-0.25, -0.2) is 4.98 Å². The Bertz CT molecular complexity index is 425. The van der Waals surface area contributed by atoms with Crippen molar-refractivity contribution in [2.24, 2.45) is 11.8 Å². The van der Waals surface area contributed by atoms with Gasteiger partial charge in [-0.3, -0.25) is 0 Å². The van der Waals surface area contributed by atoms with Crippen LogP contribution in [0.15, 0.2) is 0 Å². The Kier molecular flexibility index (Phi) is 6.45. The summed E-state index contributed by atoms with van der Waals surface area (Å²) in [4.78, 5) is 8.79. The molecule has 1 aromatic heterocycles. The number of aryl methyl sites for hydroxylation is 1. The Morgan fingerprint density at radius 3 is 2.67 bits per heavy atom. The second-order valence-electron chi connectivity index (χ2n) is 6.15. The van der Waals surface area contributed by atoms with Gasteiger partial charge in [-0.2, -0.15) is 0 Å². The Morgan fingerprint density at radius 2 is 2.05 bits per heavy atom. The number of methoxy groups -OCH3 is 1. The van der Waals surface area contributed by atoms with Gasteiger partial charge in [0.05, 0.1) is 12.3 Å². The number of hydrogen-bond acceptors (Lipinski definition) is 5. The van der Waals surface area contributed by atoms with E-state index in [-0.39, 0.29) is 0 Å². The van der Waals surface area contributed by atoms with Crippen molar-refractivity contribution in [1.29, 1.82) is 0 Å². The van der Waals surface area contributed by atoms with Crippen molar-refractivity contribution in [2.75, 3.05) is 38.3 Å². The average molecular weight is 311 g/mol. The molecule has 1 aliphatic heterocycles. The number of aromatic nitrogens is 1. The number of rotatable bonds is 8. The lowest BCUT2D eigenvalue weighted by atomic mass is 10.0. The molecule has 1 saturated heterocycles. The van der Waals surface area contributed by atoms with Crippen molar-refractivity contribution in [3.8, 4) is 0 Å². The standard InChI is InChI=1S/C16H29N3OS/c1-5-6-14-15(9-17-7-8-20-4)21-16(18-14)19-10-12(2)13(3)11-19/h12-13,17H,5-11H2,1-4H3. The third kappa shape index (κ3) is 4.41. The van der Waals surface area contributed by atoms with Gasteiger partial charge in [0.1, 0.15) is 0 Å². The van der Waals surface area contributed by atoms with Crippen LogP contribution in [0.3, 0.4) is 0 Å². The molecule has 2 atom stereocenters. The maximum absolute atomic E-state index is 5.08. The Labute approximate surface area is 132 Å². The first-order chi connectivity index (χ1) is 10.2. The monoisotopic (exact) mass is 311 g/mol. The summed E-state index contributed by atoms with van der Waals surface area (Å²) in [6, 6.07) is 0. The largest absolute Gasteiger partial charge is 0.383 e. The van der Waals surface area contributed by atoms with E-state index < -0.39 is 0 Å². The van der Waals surface area contributed by atoms with E-state index >= 15 is 0 Å². The number of nitrogens with zero attached hydrogens (tertiary/aromatic N) is 2. The highest BCUT2D eigenvalue weighted by atomic mass is 32.1. The molecule has 120 valence electrons. The summed E-state index contributed by atoms with van der Waals surface area (Å²) in [5.41, 5.74) is 1.29.